The van der Waals surface area contributed by atoms with Crippen LogP contribution in [0.2, 0.25) is 15.6 Å². The second-order valence-electron chi connectivity index (χ2n) is 3.29. The molecule has 0 aliphatic heterocycles. The maximum absolute atomic E-state index is 9.67. The van der Waals surface area contributed by atoms with Gasteiger partial charge in [-0.25, -0.2) is 21.0 Å². The number of hydrogen-bond donors (Lipinski definition) is 3. The third kappa shape index (κ3) is 9.11. The molecule has 1 aromatic heterocycles. The zero-order chi connectivity index (χ0) is 18.5. The van der Waals surface area contributed by atoms with E-state index in [0.29, 0.717) is 10.7 Å². The van der Waals surface area contributed by atoms with Crippen LogP contribution in [-0.2, 0) is 13.8 Å². The van der Waals surface area contributed by atoms with Crippen LogP contribution in [0.15, 0.2) is 37.4 Å². The fourth-order valence-electron chi connectivity index (χ4n) is 1.09. The van der Waals surface area contributed by atoms with Crippen LogP contribution < -0.4 is 17.1 Å². The number of aromatic nitrogens is 3. The quantitative estimate of drug-likeness (QED) is 0.388. The maximum atomic E-state index is 9.67. The van der Waals surface area contributed by atoms with Gasteiger partial charge >= 0.3 is 8.25 Å². The van der Waals surface area contributed by atoms with Gasteiger partial charge in [-0.2, -0.15) is 15.0 Å². The molecule has 0 amide bonds. The molecule has 0 unspecified atom stereocenters. The molecular formula is C11H14Cl3N6O3P. The Kier molecular flexibility index (Phi) is 12.4. The zero-order valence-corrected chi connectivity index (χ0v) is 15.3. The standard InChI is InChI=1S/C9H5Cl3N4.C2H4.H5N2O3P/c10-5-3-1-2-4-6(5)13-9-15-7(11)14-8(12)16-9;1-2;1-4-6(3)5-2/h1-4H,(H,13,14,15,16);1-2H2;6H,1-2H2. The van der Waals surface area contributed by atoms with E-state index >= 15 is 0 Å². The van der Waals surface area contributed by atoms with E-state index in [1.807, 2.05) is 12.1 Å². The second-order valence-corrected chi connectivity index (χ2v) is 5.34. The van der Waals surface area contributed by atoms with Crippen molar-refractivity contribution in [3.63, 3.8) is 0 Å². The molecule has 13 heteroatoms. The number of anilines is 2. The van der Waals surface area contributed by atoms with Crippen molar-refractivity contribution in [2.45, 2.75) is 0 Å². The smallest absolute Gasteiger partial charge is 0.323 e. The number of nitrogens with zero attached hydrogens (tertiary/aromatic N) is 3. The van der Waals surface area contributed by atoms with Gasteiger partial charge in [0.2, 0.25) is 16.5 Å². The van der Waals surface area contributed by atoms with Crippen LogP contribution in [0.1, 0.15) is 0 Å². The highest BCUT2D eigenvalue weighted by Gasteiger charge is 2.05. The van der Waals surface area contributed by atoms with Crippen molar-refractivity contribution in [1.29, 1.82) is 0 Å². The summed E-state index contributed by atoms with van der Waals surface area (Å²) >= 11 is 17.2. The van der Waals surface area contributed by atoms with Gasteiger partial charge in [-0.05, 0) is 35.3 Å². The van der Waals surface area contributed by atoms with Crippen molar-refractivity contribution in [3.8, 4) is 0 Å². The molecule has 0 saturated heterocycles. The van der Waals surface area contributed by atoms with E-state index in [-0.39, 0.29) is 16.5 Å². The minimum atomic E-state index is -2.56. The first-order valence-electron chi connectivity index (χ1n) is 5.82. The second kappa shape index (κ2) is 13.1. The predicted molar refractivity (Wildman–Crippen MR) is 95.4 cm³/mol. The average molecular weight is 416 g/mol. The fraction of sp³-hybridized carbons (Fsp3) is 0. The topological polar surface area (TPSA) is 138 Å². The summed E-state index contributed by atoms with van der Waals surface area (Å²) in [5.41, 5.74) is 0.669. The van der Waals surface area contributed by atoms with Crippen LogP contribution in [0, 0.1) is 0 Å². The highest BCUT2D eigenvalue weighted by Crippen LogP contribution is 2.23. The molecule has 0 spiro atoms. The Bertz CT molecular complexity index is 640. The van der Waals surface area contributed by atoms with Gasteiger partial charge < -0.3 is 5.32 Å². The van der Waals surface area contributed by atoms with E-state index in [0.717, 1.165) is 0 Å². The summed E-state index contributed by atoms with van der Waals surface area (Å²) in [4.78, 5) is 11.4. The first-order valence-corrected chi connectivity index (χ1v) is 8.18. The van der Waals surface area contributed by atoms with Crippen LogP contribution in [0.4, 0.5) is 11.6 Å². The highest BCUT2D eigenvalue weighted by molar-refractivity contribution is 7.33. The van der Waals surface area contributed by atoms with Crippen LogP contribution in [-0.4, -0.2) is 15.0 Å². The molecule has 0 bridgehead atoms. The van der Waals surface area contributed by atoms with E-state index < -0.39 is 8.25 Å². The van der Waals surface area contributed by atoms with Gasteiger partial charge in [-0.15, -0.1) is 13.2 Å². The van der Waals surface area contributed by atoms with Gasteiger partial charge in [0.15, 0.2) is 0 Å². The Balaban J connectivity index is 0.000000563. The normalized spacial score (nSPS) is 9.42. The lowest BCUT2D eigenvalue weighted by molar-refractivity contribution is 0.234. The van der Waals surface area contributed by atoms with Crippen LogP contribution in [0.25, 0.3) is 0 Å². The lowest BCUT2D eigenvalue weighted by atomic mass is 10.3. The van der Waals surface area contributed by atoms with Crippen LogP contribution in [0.3, 0.4) is 0 Å². The summed E-state index contributed by atoms with van der Waals surface area (Å²) < 4.78 is 16.9. The molecular weight excluding hydrogens is 401 g/mol. The molecule has 132 valence electrons. The molecule has 24 heavy (non-hydrogen) atoms. The molecule has 0 saturated carbocycles. The fourth-order valence-corrected chi connectivity index (χ4v) is 1.69. The van der Waals surface area contributed by atoms with E-state index in [9.17, 15) is 4.57 Å². The highest BCUT2D eigenvalue weighted by atomic mass is 35.5. The van der Waals surface area contributed by atoms with Crippen molar-refractivity contribution in [1.82, 2.24) is 15.0 Å². The van der Waals surface area contributed by atoms with Crippen LogP contribution in [0.5, 0.6) is 0 Å². The lowest BCUT2D eigenvalue weighted by Gasteiger charge is -2.06. The molecule has 1 heterocycles. The molecule has 0 fully saturated rings. The molecule has 0 aliphatic carbocycles. The third-order valence-electron chi connectivity index (χ3n) is 1.89. The Morgan fingerprint density at radius 3 is 1.92 bits per heavy atom. The van der Waals surface area contributed by atoms with Crippen molar-refractivity contribution in [3.05, 3.63) is 53.0 Å². The van der Waals surface area contributed by atoms with E-state index in [2.05, 4.69) is 54.5 Å². The van der Waals surface area contributed by atoms with Gasteiger partial charge in [0.05, 0.1) is 10.7 Å². The Morgan fingerprint density at radius 2 is 1.50 bits per heavy atom. The minimum Gasteiger partial charge on any atom is -0.323 e. The third-order valence-corrected chi connectivity index (χ3v) is 2.95. The van der Waals surface area contributed by atoms with Gasteiger partial charge in [-0.1, -0.05) is 23.7 Å². The Hall–Kier alpha value is -1.29. The molecule has 0 aliphatic rings. The number of nitrogens with two attached hydrogens (primary N) is 2. The summed E-state index contributed by atoms with van der Waals surface area (Å²) in [7, 11) is -2.56. The van der Waals surface area contributed by atoms with Crippen molar-refractivity contribution in [2.75, 3.05) is 5.32 Å². The first-order chi connectivity index (χ1) is 11.5. The summed E-state index contributed by atoms with van der Waals surface area (Å²) in [5.74, 6) is 8.87. The average Bonchev–Trinajstić information content (AvgIpc) is 2.58. The molecule has 0 atom stereocenters. The van der Waals surface area contributed by atoms with Gasteiger partial charge in [0.1, 0.15) is 0 Å². The van der Waals surface area contributed by atoms with Gasteiger partial charge in [0, 0.05) is 0 Å². The van der Waals surface area contributed by atoms with E-state index in [1.54, 1.807) is 12.1 Å². The Labute approximate surface area is 153 Å². The van der Waals surface area contributed by atoms with Crippen molar-refractivity contribution < 1.29 is 13.8 Å². The molecule has 9 nitrogen and oxygen atoms in total. The summed E-state index contributed by atoms with van der Waals surface area (Å²) in [6.45, 7) is 6.00. The number of hydrogen-bond acceptors (Lipinski definition) is 9. The van der Waals surface area contributed by atoms with E-state index in [1.165, 1.54) is 0 Å². The van der Waals surface area contributed by atoms with Crippen LogP contribution >= 0.6 is 43.1 Å². The number of halogens is 3. The van der Waals surface area contributed by atoms with Crippen molar-refractivity contribution >= 4 is 54.7 Å². The molecule has 2 rings (SSSR count). The minimum absolute atomic E-state index is 0.0227. The molecule has 0 radical (unpaired) electrons. The largest absolute Gasteiger partial charge is 0.351 e. The first kappa shape index (κ1) is 22.7. The van der Waals surface area contributed by atoms with Gasteiger partial charge in [0.25, 0.3) is 0 Å². The molecule has 1 aromatic carbocycles. The SMILES string of the molecule is C=C.Clc1nc(Cl)nc(Nc2ccccc2Cl)n1.NO[PH](=O)ON. The number of para-hydroxylation sites is 1. The van der Waals surface area contributed by atoms with Crippen molar-refractivity contribution in [2.24, 2.45) is 11.8 Å². The van der Waals surface area contributed by atoms with Gasteiger partial charge in [-0.3, -0.25) is 4.57 Å². The Morgan fingerprint density at radius 1 is 1.00 bits per heavy atom. The zero-order valence-electron chi connectivity index (χ0n) is 12.1. The monoisotopic (exact) mass is 414 g/mol. The van der Waals surface area contributed by atoms with E-state index in [4.69, 9.17) is 34.8 Å². The summed E-state index contributed by atoms with van der Waals surface area (Å²) in [6, 6.07) is 7.18. The predicted octanol–water partition coefficient (Wildman–Crippen LogP) is 3.53. The summed E-state index contributed by atoms with van der Waals surface area (Å²) in [6.07, 6.45) is 0. The molecule has 5 N–H and O–H groups in total. The lowest BCUT2D eigenvalue weighted by Crippen LogP contribution is -1.99. The number of benzene rings is 1. The number of nitrogens with one attached hydrogen (secondary N) is 1. The summed E-state index contributed by atoms with van der Waals surface area (Å²) in [5, 5.41) is 3.49. The number of rotatable bonds is 4. The molecule has 2 aromatic rings. The maximum Gasteiger partial charge on any atom is 0.351 e.